The summed E-state index contributed by atoms with van der Waals surface area (Å²) in [6, 6.07) is 9.35. The Hall–Kier alpha value is -1.82. The SMILES string of the molecule is CC(C)(C)OC(=O)c1ccc(CCn2c(CN[C@@H]3C[C@H]4CC[C@@H]3C4)c(Cl)cc(Cl)c2=O)cc1. The zero-order valence-electron chi connectivity index (χ0n) is 19.5. The van der Waals surface area contributed by atoms with Gasteiger partial charge in [-0.2, -0.15) is 0 Å². The van der Waals surface area contributed by atoms with E-state index in [0.717, 1.165) is 23.1 Å². The monoisotopic (exact) mass is 490 g/mol. The number of halogens is 2. The van der Waals surface area contributed by atoms with Crippen molar-refractivity contribution in [1.29, 1.82) is 0 Å². The minimum absolute atomic E-state index is 0.129. The summed E-state index contributed by atoms with van der Waals surface area (Å²) >= 11 is 12.7. The predicted octanol–water partition coefficient (Wildman–Crippen LogP) is 5.63. The molecule has 33 heavy (non-hydrogen) atoms. The van der Waals surface area contributed by atoms with Crippen LogP contribution in [0.3, 0.4) is 0 Å². The Morgan fingerprint density at radius 1 is 1.12 bits per heavy atom. The summed E-state index contributed by atoms with van der Waals surface area (Å²) in [5.74, 6) is 1.24. The van der Waals surface area contributed by atoms with Crippen LogP contribution in [-0.4, -0.2) is 22.2 Å². The van der Waals surface area contributed by atoms with E-state index in [9.17, 15) is 9.59 Å². The van der Waals surface area contributed by atoms with E-state index in [2.05, 4.69) is 5.32 Å². The standard InChI is InChI=1S/C26H32Cl2N2O3/c1-26(2,3)33-25(32)18-7-4-16(5-8-18)10-11-30-23(20(27)14-21(28)24(30)31)15-29-22-13-17-6-9-19(22)12-17/h4-5,7-8,14,17,19,22,29H,6,9-13,15H2,1-3H3/t17-,19+,22+/m0/s1. The quantitative estimate of drug-likeness (QED) is 0.510. The first-order valence-electron chi connectivity index (χ1n) is 11.7. The second-order valence-electron chi connectivity index (χ2n) is 10.4. The zero-order valence-corrected chi connectivity index (χ0v) is 21.0. The van der Waals surface area contributed by atoms with Crippen LogP contribution in [0.1, 0.15) is 68.1 Å². The molecule has 2 fully saturated rings. The van der Waals surface area contributed by atoms with Gasteiger partial charge in [0.1, 0.15) is 10.6 Å². The van der Waals surface area contributed by atoms with E-state index < -0.39 is 5.60 Å². The highest BCUT2D eigenvalue weighted by molar-refractivity contribution is 6.34. The molecule has 1 N–H and O–H groups in total. The summed E-state index contributed by atoms with van der Waals surface area (Å²) < 4.78 is 7.10. The molecule has 1 aromatic carbocycles. The fraction of sp³-hybridized carbons (Fsp3) is 0.538. The van der Waals surface area contributed by atoms with E-state index in [0.29, 0.717) is 36.1 Å². The van der Waals surface area contributed by atoms with Gasteiger partial charge in [0.2, 0.25) is 0 Å². The van der Waals surface area contributed by atoms with Crippen molar-refractivity contribution in [2.75, 3.05) is 0 Å². The number of hydrogen-bond acceptors (Lipinski definition) is 4. The minimum Gasteiger partial charge on any atom is -0.456 e. The Labute approximate surface area is 205 Å². The average molecular weight is 491 g/mol. The van der Waals surface area contributed by atoms with Gasteiger partial charge in [0.25, 0.3) is 5.56 Å². The molecule has 0 radical (unpaired) electrons. The molecule has 2 saturated carbocycles. The molecule has 2 bridgehead atoms. The Balaban J connectivity index is 1.45. The molecule has 0 spiro atoms. The third-order valence-electron chi connectivity index (χ3n) is 6.79. The summed E-state index contributed by atoms with van der Waals surface area (Å²) in [5, 5.41) is 4.29. The van der Waals surface area contributed by atoms with Gasteiger partial charge in [0, 0.05) is 19.1 Å². The number of nitrogens with zero attached hydrogens (tertiary/aromatic N) is 1. The van der Waals surface area contributed by atoms with Crippen LogP contribution < -0.4 is 10.9 Å². The topological polar surface area (TPSA) is 60.3 Å². The lowest BCUT2D eigenvalue weighted by molar-refractivity contribution is 0.00695. The van der Waals surface area contributed by atoms with Gasteiger partial charge in [0.05, 0.1) is 16.3 Å². The van der Waals surface area contributed by atoms with Crippen molar-refractivity contribution < 1.29 is 9.53 Å². The van der Waals surface area contributed by atoms with Crippen molar-refractivity contribution in [3.05, 3.63) is 67.6 Å². The maximum absolute atomic E-state index is 12.8. The van der Waals surface area contributed by atoms with E-state index in [1.165, 1.54) is 25.7 Å². The highest BCUT2D eigenvalue weighted by Gasteiger charge is 2.39. The highest BCUT2D eigenvalue weighted by Crippen LogP contribution is 2.44. The number of rotatable bonds is 7. The fourth-order valence-electron chi connectivity index (χ4n) is 5.16. The largest absolute Gasteiger partial charge is 0.456 e. The number of aromatic nitrogens is 1. The van der Waals surface area contributed by atoms with Crippen LogP contribution in [0, 0.1) is 11.8 Å². The van der Waals surface area contributed by atoms with E-state index in [1.807, 2.05) is 32.9 Å². The number of fused-ring (bicyclic) bond motifs is 2. The second kappa shape index (κ2) is 9.81. The number of ether oxygens (including phenoxy) is 1. The highest BCUT2D eigenvalue weighted by atomic mass is 35.5. The summed E-state index contributed by atoms with van der Waals surface area (Å²) in [4.78, 5) is 25.1. The molecule has 4 rings (SSSR count). The number of carbonyl (C=O) groups excluding carboxylic acids is 1. The molecule has 178 valence electrons. The summed E-state index contributed by atoms with van der Waals surface area (Å²) in [7, 11) is 0. The normalized spacial score (nSPS) is 22.0. The number of aryl methyl sites for hydroxylation is 1. The number of carbonyl (C=O) groups is 1. The second-order valence-corrected chi connectivity index (χ2v) is 11.2. The molecule has 7 heteroatoms. The molecule has 1 aromatic heterocycles. The summed E-state index contributed by atoms with van der Waals surface area (Å²) in [5.41, 5.74) is 1.53. The van der Waals surface area contributed by atoms with Crippen molar-refractivity contribution >= 4 is 29.2 Å². The minimum atomic E-state index is -0.536. The van der Waals surface area contributed by atoms with Crippen LogP contribution >= 0.6 is 23.2 Å². The molecule has 2 aromatic rings. The molecule has 5 nitrogen and oxygen atoms in total. The van der Waals surface area contributed by atoms with Gasteiger partial charge in [-0.05, 0) is 82.1 Å². The Morgan fingerprint density at radius 3 is 2.45 bits per heavy atom. The van der Waals surface area contributed by atoms with E-state index in [4.69, 9.17) is 27.9 Å². The number of esters is 1. The van der Waals surface area contributed by atoms with Gasteiger partial charge in [-0.15, -0.1) is 0 Å². The van der Waals surface area contributed by atoms with Crippen molar-refractivity contribution in [3.63, 3.8) is 0 Å². The number of pyridine rings is 1. The fourth-order valence-corrected chi connectivity index (χ4v) is 5.71. The molecule has 0 saturated heterocycles. The Morgan fingerprint density at radius 2 is 1.85 bits per heavy atom. The summed E-state index contributed by atoms with van der Waals surface area (Å²) in [6.07, 6.45) is 5.79. The Kier molecular flexibility index (Phi) is 7.23. The smallest absolute Gasteiger partial charge is 0.338 e. The first-order chi connectivity index (χ1) is 15.6. The molecule has 0 unspecified atom stereocenters. The Bertz CT molecular complexity index is 1070. The maximum atomic E-state index is 12.8. The summed E-state index contributed by atoms with van der Waals surface area (Å²) in [6.45, 7) is 6.54. The predicted molar refractivity (Wildman–Crippen MR) is 132 cm³/mol. The van der Waals surface area contributed by atoms with Crippen LogP contribution in [0.25, 0.3) is 0 Å². The van der Waals surface area contributed by atoms with Crippen LogP contribution in [0.4, 0.5) is 0 Å². The lowest BCUT2D eigenvalue weighted by atomic mass is 9.95. The van der Waals surface area contributed by atoms with Gasteiger partial charge in [-0.25, -0.2) is 4.79 Å². The third-order valence-corrected chi connectivity index (χ3v) is 7.38. The molecular weight excluding hydrogens is 459 g/mol. The molecule has 0 aliphatic heterocycles. The molecular formula is C26H32Cl2N2O3. The maximum Gasteiger partial charge on any atom is 0.338 e. The first-order valence-corrected chi connectivity index (χ1v) is 12.5. The molecule has 2 aliphatic carbocycles. The van der Waals surface area contributed by atoms with Gasteiger partial charge < -0.3 is 14.6 Å². The van der Waals surface area contributed by atoms with Crippen LogP contribution in [0.2, 0.25) is 10.0 Å². The van der Waals surface area contributed by atoms with Gasteiger partial charge in [0.15, 0.2) is 0 Å². The number of hydrogen-bond donors (Lipinski definition) is 1. The lowest BCUT2D eigenvalue weighted by Gasteiger charge is -2.24. The zero-order chi connectivity index (χ0) is 23.8. The van der Waals surface area contributed by atoms with Gasteiger partial charge >= 0.3 is 5.97 Å². The van der Waals surface area contributed by atoms with Crippen molar-refractivity contribution in [3.8, 4) is 0 Å². The van der Waals surface area contributed by atoms with E-state index in [-0.39, 0.29) is 16.6 Å². The van der Waals surface area contributed by atoms with E-state index >= 15 is 0 Å². The molecule has 1 heterocycles. The van der Waals surface area contributed by atoms with Crippen LogP contribution in [-0.2, 0) is 24.2 Å². The van der Waals surface area contributed by atoms with Crippen molar-refractivity contribution in [2.45, 2.75) is 77.6 Å². The number of nitrogens with one attached hydrogen (secondary N) is 1. The third kappa shape index (κ3) is 5.82. The average Bonchev–Trinajstić information content (AvgIpc) is 3.37. The lowest BCUT2D eigenvalue weighted by Crippen LogP contribution is -2.36. The van der Waals surface area contributed by atoms with E-state index in [1.54, 1.807) is 22.8 Å². The first kappa shape index (κ1) is 24.3. The van der Waals surface area contributed by atoms with Crippen LogP contribution in [0.5, 0.6) is 0 Å². The van der Waals surface area contributed by atoms with Crippen molar-refractivity contribution in [1.82, 2.24) is 9.88 Å². The van der Waals surface area contributed by atoms with Gasteiger partial charge in [-0.1, -0.05) is 41.8 Å². The number of benzene rings is 1. The molecule has 2 aliphatic rings. The molecule has 3 atom stereocenters. The van der Waals surface area contributed by atoms with Crippen molar-refractivity contribution in [2.24, 2.45) is 11.8 Å². The van der Waals surface area contributed by atoms with Crippen LogP contribution in [0.15, 0.2) is 35.1 Å². The van der Waals surface area contributed by atoms with Gasteiger partial charge in [-0.3, -0.25) is 4.79 Å². The molecule has 0 amide bonds.